The van der Waals surface area contributed by atoms with E-state index in [1.807, 2.05) is 12.1 Å². The van der Waals surface area contributed by atoms with Gasteiger partial charge < -0.3 is 5.11 Å². The minimum atomic E-state index is 0. The van der Waals surface area contributed by atoms with Crippen LogP contribution in [0.4, 0.5) is 0 Å². The molecule has 20 heavy (non-hydrogen) atoms. The van der Waals surface area contributed by atoms with Gasteiger partial charge in [0.25, 0.3) is 0 Å². The number of phenols is 1. The summed E-state index contributed by atoms with van der Waals surface area (Å²) in [4.78, 5) is 0. The molecule has 112 valence electrons. The molecule has 0 saturated carbocycles. The maximum absolute atomic E-state index is 9.20. The SMILES string of the molecule is CCCCCCCCCCCCc1ccc(O)cc1.[CaH2]. The van der Waals surface area contributed by atoms with Crippen molar-refractivity contribution < 1.29 is 5.11 Å². The summed E-state index contributed by atoms with van der Waals surface area (Å²) in [5.41, 5.74) is 1.34. The molecular weight excluding hydrogens is 272 g/mol. The van der Waals surface area contributed by atoms with Crippen molar-refractivity contribution in [2.24, 2.45) is 0 Å². The van der Waals surface area contributed by atoms with E-state index in [1.165, 1.54) is 69.8 Å². The van der Waals surface area contributed by atoms with Crippen molar-refractivity contribution in [2.45, 2.75) is 77.6 Å². The minimum absolute atomic E-state index is 0. The van der Waals surface area contributed by atoms with Gasteiger partial charge in [0.05, 0.1) is 0 Å². The Morgan fingerprint density at radius 1 is 0.700 bits per heavy atom. The van der Waals surface area contributed by atoms with Gasteiger partial charge in [0.1, 0.15) is 5.75 Å². The first-order valence-electron chi connectivity index (χ1n) is 8.11. The van der Waals surface area contributed by atoms with Crippen molar-refractivity contribution in [3.8, 4) is 5.75 Å². The number of benzene rings is 1. The van der Waals surface area contributed by atoms with Gasteiger partial charge in [-0.15, -0.1) is 0 Å². The van der Waals surface area contributed by atoms with Gasteiger partial charge in [0, 0.05) is 0 Å². The molecule has 1 aromatic rings. The Kier molecular flexibility index (Phi) is 14.4. The molecule has 0 aliphatic heterocycles. The van der Waals surface area contributed by atoms with Crippen LogP contribution in [-0.4, -0.2) is 42.8 Å². The van der Waals surface area contributed by atoms with Crippen LogP contribution in [0.25, 0.3) is 0 Å². The summed E-state index contributed by atoms with van der Waals surface area (Å²) < 4.78 is 0. The van der Waals surface area contributed by atoms with Gasteiger partial charge in [-0.1, -0.05) is 76.8 Å². The van der Waals surface area contributed by atoms with Crippen molar-refractivity contribution in [1.82, 2.24) is 0 Å². The second-order valence-electron chi connectivity index (χ2n) is 5.60. The van der Waals surface area contributed by atoms with Crippen LogP contribution in [-0.2, 0) is 6.42 Å². The third-order valence-corrected chi connectivity index (χ3v) is 3.76. The predicted octanol–water partition coefficient (Wildman–Crippen LogP) is 4.94. The molecule has 0 spiro atoms. The first kappa shape index (κ1) is 20.3. The molecule has 2 heteroatoms. The van der Waals surface area contributed by atoms with Crippen LogP contribution in [0.5, 0.6) is 5.75 Å². The van der Waals surface area contributed by atoms with Crippen molar-refractivity contribution in [3.63, 3.8) is 0 Å². The fourth-order valence-electron chi connectivity index (χ4n) is 2.48. The molecule has 0 saturated heterocycles. The second-order valence-corrected chi connectivity index (χ2v) is 5.60. The zero-order valence-electron chi connectivity index (χ0n) is 12.5. The van der Waals surface area contributed by atoms with E-state index in [0.717, 1.165) is 6.42 Å². The molecule has 0 radical (unpaired) electrons. The first-order valence-corrected chi connectivity index (χ1v) is 8.11. The fraction of sp³-hybridized carbons (Fsp3) is 0.667. The van der Waals surface area contributed by atoms with Gasteiger partial charge in [-0.05, 0) is 30.5 Å². The molecule has 0 amide bonds. The first-order chi connectivity index (χ1) is 9.33. The third kappa shape index (κ3) is 11.0. The number of phenolic OH excluding ortho intramolecular Hbond substituents is 1. The second kappa shape index (κ2) is 14.2. The van der Waals surface area contributed by atoms with E-state index < -0.39 is 0 Å². The van der Waals surface area contributed by atoms with E-state index in [4.69, 9.17) is 0 Å². The zero-order valence-corrected chi connectivity index (χ0v) is 12.5. The molecule has 0 aromatic heterocycles. The number of aromatic hydroxyl groups is 1. The average molecular weight is 305 g/mol. The summed E-state index contributed by atoms with van der Waals surface area (Å²) in [6.07, 6.45) is 15.0. The van der Waals surface area contributed by atoms with Crippen molar-refractivity contribution in [3.05, 3.63) is 29.8 Å². The fourth-order valence-corrected chi connectivity index (χ4v) is 2.48. The molecular formula is C18H32CaO. The van der Waals surface area contributed by atoms with Crippen LogP contribution in [0.3, 0.4) is 0 Å². The standard InChI is InChI=1S/C18H30O.Ca.2H/c1-2-3-4-5-6-7-8-9-10-11-12-17-13-15-18(19)16-14-17;;;/h13-16,19H,2-12H2,1H3;;;. The Labute approximate surface area is 155 Å². The van der Waals surface area contributed by atoms with Crippen LogP contribution >= 0.6 is 0 Å². The van der Waals surface area contributed by atoms with Crippen LogP contribution in [0.2, 0.25) is 0 Å². The summed E-state index contributed by atoms with van der Waals surface area (Å²) in [7, 11) is 0. The van der Waals surface area contributed by atoms with E-state index in [-0.39, 0.29) is 37.7 Å². The maximum atomic E-state index is 9.20. The Hall–Kier alpha value is 0.280. The van der Waals surface area contributed by atoms with Crippen LogP contribution in [0.1, 0.15) is 76.7 Å². The zero-order chi connectivity index (χ0) is 13.8. The molecule has 0 aliphatic rings. The van der Waals surface area contributed by atoms with Crippen LogP contribution < -0.4 is 0 Å². The van der Waals surface area contributed by atoms with Gasteiger partial charge >= 0.3 is 37.7 Å². The van der Waals surface area contributed by atoms with E-state index in [9.17, 15) is 5.11 Å². The quantitative estimate of drug-likeness (QED) is 0.453. The van der Waals surface area contributed by atoms with Crippen molar-refractivity contribution in [2.75, 3.05) is 0 Å². The van der Waals surface area contributed by atoms with Crippen LogP contribution in [0, 0.1) is 0 Å². The van der Waals surface area contributed by atoms with Gasteiger partial charge in [-0.3, -0.25) is 0 Å². The number of hydrogen-bond acceptors (Lipinski definition) is 1. The van der Waals surface area contributed by atoms with Crippen molar-refractivity contribution in [1.29, 1.82) is 0 Å². The summed E-state index contributed by atoms with van der Waals surface area (Å²) >= 11 is 0. The molecule has 0 fully saturated rings. The monoisotopic (exact) mass is 304 g/mol. The molecule has 0 heterocycles. The number of aryl methyl sites for hydroxylation is 1. The Morgan fingerprint density at radius 2 is 1.15 bits per heavy atom. The molecule has 1 N–H and O–H groups in total. The Bertz CT molecular complexity index is 308. The molecule has 1 aromatic carbocycles. The van der Waals surface area contributed by atoms with Gasteiger partial charge in [0.2, 0.25) is 0 Å². The Balaban J connectivity index is 0.00000361. The third-order valence-electron chi connectivity index (χ3n) is 3.76. The molecule has 0 bridgehead atoms. The molecule has 1 rings (SSSR count). The molecule has 0 aliphatic carbocycles. The average Bonchev–Trinajstić information content (AvgIpc) is 2.43. The molecule has 0 atom stereocenters. The topological polar surface area (TPSA) is 20.2 Å². The molecule has 0 unspecified atom stereocenters. The summed E-state index contributed by atoms with van der Waals surface area (Å²) in [6, 6.07) is 7.63. The van der Waals surface area contributed by atoms with E-state index in [1.54, 1.807) is 12.1 Å². The van der Waals surface area contributed by atoms with E-state index in [2.05, 4.69) is 6.92 Å². The number of rotatable bonds is 11. The molecule has 1 nitrogen and oxygen atoms in total. The van der Waals surface area contributed by atoms with E-state index >= 15 is 0 Å². The Morgan fingerprint density at radius 3 is 1.65 bits per heavy atom. The normalized spacial score (nSPS) is 10.2. The van der Waals surface area contributed by atoms with Crippen LogP contribution in [0.15, 0.2) is 24.3 Å². The predicted molar refractivity (Wildman–Crippen MR) is 92.2 cm³/mol. The summed E-state index contributed by atoms with van der Waals surface area (Å²) in [6.45, 7) is 2.27. The van der Waals surface area contributed by atoms with Crippen molar-refractivity contribution >= 4 is 37.7 Å². The summed E-state index contributed by atoms with van der Waals surface area (Å²) in [5.74, 6) is 0.367. The van der Waals surface area contributed by atoms with Gasteiger partial charge in [-0.25, -0.2) is 0 Å². The van der Waals surface area contributed by atoms with Gasteiger partial charge in [-0.2, -0.15) is 0 Å². The number of hydrogen-bond donors (Lipinski definition) is 1. The number of unbranched alkanes of at least 4 members (excludes halogenated alkanes) is 9. The van der Waals surface area contributed by atoms with Gasteiger partial charge in [0.15, 0.2) is 0 Å². The van der Waals surface area contributed by atoms with E-state index in [0.29, 0.717) is 5.75 Å². The summed E-state index contributed by atoms with van der Waals surface area (Å²) in [5, 5.41) is 9.20.